The lowest BCUT2D eigenvalue weighted by molar-refractivity contribution is 0.198. The predicted octanol–water partition coefficient (Wildman–Crippen LogP) is 3.05. The van der Waals surface area contributed by atoms with Gasteiger partial charge in [0.1, 0.15) is 6.07 Å². The summed E-state index contributed by atoms with van der Waals surface area (Å²) in [5, 5.41) is 19.9. The average molecular weight is 219 g/mol. The molecule has 0 unspecified atom stereocenters. The molecular weight excluding hydrogens is 212 g/mol. The molecule has 15 heavy (non-hydrogen) atoms. The number of rotatable bonds is 1. The lowest BCUT2D eigenvalue weighted by atomic mass is 10.1. The minimum Gasteiger partial charge on any atom is -0.428 e. The third-order valence-corrected chi connectivity index (χ3v) is 2.48. The molecule has 1 N–H and O–H groups in total. The van der Waals surface area contributed by atoms with Crippen molar-refractivity contribution in [2.45, 2.75) is 0 Å². The van der Waals surface area contributed by atoms with E-state index in [1.54, 1.807) is 18.2 Å². The van der Waals surface area contributed by atoms with Crippen LogP contribution in [0.1, 0.15) is 11.3 Å². The van der Waals surface area contributed by atoms with Gasteiger partial charge in [-0.05, 0) is 24.3 Å². The predicted molar refractivity (Wildman–Crippen MR) is 58.9 cm³/mol. The maximum absolute atomic E-state index is 9.74. The highest BCUT2D eigenvalue weighted by molar-refractivity contribution is 6.31. The highest BCUT2D eigenvalue weighted by atomic mass is 35.5. The Bertz CT molecular complexity index is 593. The minimum absolute atomic E-state index is 0.380. The van der Waals surface area contributed by atoms with E-state index in [-0.39, 0.29) is 0 Å². The van der Waals surface area contributed by atoms with Crippen LogP contribution in [0.15, 0.2) is 24.8 Å². The van der Waals surface area contributed by atoms with Crippen molar-refractivity contribution in [2.24, 2.45) is 0 Å². The van der Waals surface area contributed by atoms with Crippen molar-refractivity contribution in [3.8, 4) is 6.07 Å². The maximum atomic E-state index is 9.74. The Hall–Kier alpha value is -1.92. The fraction of sp³-hybridized carbons (Fsp3) is 0. The van der Waals surface area contributed by atoms with E-state index in [0.717, 1.165) is 4.73 Å². The Balaban J connectivity index is 2.99. The van der Waals surface area contributed by atoms with Gasteiger partial charge in [0.25, 0.3) is 0 Å². The monoisotopic (exact) mass is 218 g/mol. The molecule has 0 aliphatic rings. The second-order valence-electron chi connectivity index (χ2n) is 3.05. The third kappa shape index (κ3) is 1.27. The molecule has 0 aliphatic heterocycles. The Labute approximate surface area is 91.4 Å². The molecule has 1 heterocycles. The number of hydrogen-bond acceptors (Lipinski definition) is 2. The van der Waals surface area contributed by atoms with Crippen LogP contribution in [0, 0.1) is 11.3 Å². The molecule has 0 amide bonds. The molecule has 2 aromatic rings. The highest BCUT2D eigenvalue weighted by Crippen LogP contribution is 2.27. The number of nitriles is 1. The summed E-state index contributed by atoms with van der Waals surface area (Å²) in [5.74, 6) is 0. The fourth-order valence-corrected chi connectivity index (χ4v) is 1.74. The SMILES string of the molecule is C=Cc1c(C#N)c2cc(Cl)ccc2n1O. The van der Waals surface area contributed by atoms with Crippen molar-refractivity contribution in [1.82, 2.24) is 4.73 Å². The van der Waals surface area contributed by atoms with E-state index in [0.29, 0.717) is 27.2 Å². The smallest absolute Gasteiger partial charge is 0.102 e. The molecule has 0 atom stereocenters. The quantitative estimate of drug-likeness (QED) is 0.748. The largest absolute Gasteiger partial charge is 0.428 e. The summed E-state index contributed by atoms with van der Waals surface area (Å²) in [6.07, 6.45) is 1.44. The molecule has 0 saturated heterocycles. The third-order valence-electron chi connectivity index (χ3n) is 2.25. The van der Waals surface area contributed by atoms with Crippen molar-refractivity contribution in [1.29, 1.82) is 5.26 Å². The summed E-state index contributed by atoms with van der Waals surface area (Å²) >= 11 is 5.83. The molecule has 4 heteroatoms. The molecule has 1 aromatic heterocycles. The van der Waals surface area contributed by atoms with Crippen molar-refractivity contribution in [3.63, 3.8) is 0 Å². The number of nitrogens with zero attached hydrogens (tertiary/aromatic N) is 2. The Morgan fingerprint density at radius 3 is 2.87 bits per heavy atom. The van der Waals surface area contributed by atoms with Gasteiger partial charge in [0, 0.05) is 10.4 Å². The van der Waals surface area contributed by atoms with Gasteiger partial charge in [-0.25, -0.2) is 0 Å². The van der Waals surface area contributed by atoms with Crippen LogP contribution < -0.4 is 0 Å². The molecule has 3 nitrogen and oxygen atoms in total. The zero-order valence-electron chi connectivity index (χ0n) is 7.74. The van der Waals surface area contributed by atoms with Crippen molar-refractivity contribution < 1.29 is 5.21 Å². The second kappa shape index (κ2) is 3.34. The van der Waals surface area contributed by atoms with Gasteiger partial charge in [-0.3, -0.25) is 0 Å². The lowest BCUT2D eigenvalue weighted by Crippen LogP contribution is -1.92. The number of hydrogen-bond donors (Lipinski definition) is 1. The van der Waals surface area contributed by atoms with Crippen LogP contribution in [0.25, 0.3) is 17.0 Å². The van der Waals surface area contributed by atoms with Crippen LogP contribution in [-0.2, 0) is 0 Å². The van der Waals surface area contributed by atoms with Gasteiger partial charge < -0.3 is 5.21 Å². The average Bonchev–Trinajstić information content (AvgIpc) is 2.50. The summed E-state index contributed by atoms with van der Waals surface area (Å²) < 4.78 is 0.942. The Morgan fingerprint density at radius 2 is 2.27 bits per heavy atom. The first-order valence-electron chi connectivity index (χ1n) is 4.24. The van der Waals surface area contributed by atoms with E-state index in [4.69, 9.17) is 16.9 Å². The lowest BCUT2D eigenvalue weighted by Gasteiger charge is -1.96. The molecule has 0 spiro atoms. The molecule has 74 valence electrons. The first kappa shape index (κ1) is 9.63. The standard InChI is InChI=1S/C11H7ClN2O/c1-2-10-9(6-13)8-5-7(12)3-4-11(8)14(10)15/h2-5,15H,1H2. The van der Waals surface area contributed by atoms with Crippen LogP contribution in [0.5, 0.6) is 0 Å². The van der Waals surface area contributed by atoms with Gasteiger partial charge in [-0.1, -0.05) is 18.2 Å². The molecule has 0 bridgehead atoms. The zero-order chi connectivity index (χ0) is 11.0. The molecule has 0 saturated carbocycles. The molecule has 1 aromatic carbocycles. The number of aromatic nitrogens is 1. The summed E-state index contributed by atoms with van der Waals surface area (Å²) in [7, 11) is 0. The van der Waals surface area contributed by atoms with E-state index < -0.39 is 0 Å². The minimum atomic E-state index is 0.380. The Kier molecular flexibility index (Phi) is 2.14. The van der Waals surface area contributed by atoms with E-state index in [1.165, 1.54) is 6.08 Å². The molecule has 0 fully saturated rings. The van der Waals surface area contributed by atoms with E-state index in [9.17, 15) is 5.21 Å². The topological polar surface area (TPSA) is 49.0 Å². The summed E-state index contributed by atoms with van der Waals surface area (Å²) in [6.45, 7) is 3.55. The van der Waals surface area contributed by atoms with Gasteiger partial charge in [-0.15, -0.1) is 0 Å². The van der Waals surface area contributed by atoms with Crippen LogP contribution >= 0.6 is 11.6 Å². The van der Waals surface area contributed by atoms with Crippen molar-refractivity contribution >= 4 is 28.6 Å². The van der Waals surface area contributed by atoms with Gasteiger partial charge in [0.15, 0.2) is 0 Å². The maximum Gasteiger partial charge on any atom is 0.102 e. The van der Waals surface area contributed by atoms with E-state index >= 15 is 0 Å². The van der Waals surface area contributed by atoms with Crippen LogP contribution in [0.3, 0.4) is 0 Å². The first-order valence-corrected chi connectivity index (χ1v) is 4.62. The van der Waals surface area contributed by atoms with Gasteiger partial charge in [-0.2, -0.15) is 9.99 Å². The van der Waals surface area contributed by atoms with Gasteiger partial charge >= 0.3 is 0 Å². The highest BCUT2D eigenvalue weighted by Gasteiger charge is 2.14. The van der Waals surface area contributed by atoms with Crippen LogP contribution in [0.2, 0.25) is 5.02 Å². The van der Waals surface area contributed by atoms with E-state index in [1.807, 2.05) is 6.07 Å². The second-order valence-corrected chi connectivity index (χ2v) is 3.49. The number of benzene rings is 1. The molecular formula is C11H7ClN2O. The van der Waals surface area contributed by atoms with Crippen LogP contribution in [0.4, 0.5) is 0 Å². The fourth-order valence-electron chi connectivity index (χ4n) is 1.57. The van der Waals surface area contributed by atoms with Gasteiger partial charge in [0.05, 0.1) is 16.8 Å². The van der Waals surface area contributed by atoms with Crippen LogP contribution in [-0.4, -0.2) is 9.94 Å². The Morgan fingerprint density at radius 1 is 1.53 bits per heavy atom. The van der Waals surface area contributed by atoms with Crippen molar-refractivity contribution in [3.05, 3.63) is 41.1 Å². The summed E-state index contributed by atoms with van der Waals surface area (Å²) in [6, 6.07) is 6.99. The number of halogens is 1. The van der Waals surface area contributed by atoms with Crippen molar-refractivity contribution in [2.75, 3.05) is 0 Å². The number of fused-ring (bicyclic) bond motifs is 1. The molecule has 0 aliphatic carbocycles. The van der Waals surface area contributed by atoms with E-state index in [2.05, 4.69) is 6.58 Å². The molecule has 2 rings (SSSR count). The first-order chi connectivity index (χ1) is 7.19. The normalized spacial score (nSPS) is 10.1. The molecule has 0 radical (unpaired) electrons. The van der Waals surface area contributed by atoms with Gasteiger partial charge in [0.2, 0.25) is 0 Å². The zero-order valence-corrected chi connectivity index (χ0v) is 8.49. The summed E-state index contributed by atoms with van der Waals surface area (Å²) in [4.78, 5) is 0. The summed E-state index contributed by atoms with van der Waals surface area (Å²) in [5.41, 5.74) is 1.31.